The SMILES string of the molecule is COC(=O)C1=C(C(=O)OC)C2(C(=Nc3ccccc3)S1)N(Cc1ccccc1)c1ccccc1N2Cc1ccccc1. The van der Waals surface area contributed by atoms with Crippen molar-refractivity contribution in [2.45, 2.75) is 18.8 Å². The number of rotatable bonds is 7. The smallest absolute Gasteiger partial charge is 0.345 e. The Bertz CT molecular complexity index is 1600. The summed E-state index contributed by atoms with van der Waals surface area (Å²) in [5, 5.41) is 0.553. The molecule has 0 saturated carbocycles. The third-order valence-corrected chi connectivity index (χ3v) is 8.58. The first-order chi connectivity index (χ1) is 20.6. The summed E-state index contributed by atoms with van der Waals surface area (Å²) in [5.74, 6) is -1.24. The topological polar surface area (TPSA) is 71.4 Å². The third kappa shape index (κ3) is 4.63. The van der Waals surface area contributed by atoms with Crippen LogP contribution in [0.25, 0.3) is 0 Å². The van der Waals surface area contributed by atoms with E-state index in [2.05, 4.69) is 34.1 Å². The number of esters is 2. The highest BCUT2D eigenvalue weighted by molar-refractivity contribution is 8.18. The predicted molar refractivity (Wildman–Crippen MR) is 167 cm³/mol. The standard InChI is InChI=1S/C34H29N3O4S/c1-40-31(38)29-30(32(39)41-2)42-33(35-26-18-10-5-11-19-26)34(29)36(22-24-14-6-3-7-15-24)27-20-12-13-21-28(27)37(34)23-25-16-8-4-9-17-25/h3-21H,22-23H2,1-2H3. The number of hydrogen-bond acceptors (Lipinski definition) is 8. The van der Waals surface area contributed by atoms with Crippen molar-refractivity contribution in [2.24, 2.45) is 4.99 Å². The van der Waals surface area contributed by atoms with Crippen LogP contribution in [0.2, 0.25) is 0 Å². The Morgan fingerprint density at radius 1 is 0.667 bits per heavy atom. The van der Waals surface area contributed by atoms with Crippen LogP contribution in [0.15, 0.2) is 131 Å². The molecular formula is C34H29N3O4S. The van der Waals surface area contributed by atoms with Gasteiger partial charge in [-0.2, -0.15) is 0 Å². The van der Waals surface area contributed by atoms with Crippen LogP contribution in [0.1, 0.15) is 11.1 Å². The Labute approximate surface area is 249 Å². The van der Waals surface area contributed by atoms with E-state index >= 15 is 0 Å². The van der Waals surface area contributed by atoms with E-state index in [1.807, 2.05) is 91.0 Å². The second-order valence-corrected chi connectivity index (χ2v) is 10.8. The number of fused-ring (bicyclic) bond motifs is 1. The van der Waals surface area contributed by atoms with Gasteiger partial charge in [-0.05, 0) is 35.4 Å². The maximum Gasteiger partial charge on any atom is 0.345 e. The number of carbonyl (C=O) groups is 2. The van der Waals surface area contributed by atoms with E-state index in [9.17, 15) is 9.59 Å². The summed E-state index contributed by atoms with van der Waals surface area (Å²) in [6.07, 6.45) is 0. The van der Waals surface area contributed by atoms with Gasteiger partial charge in [0, 0.05) is 13.1 Å². The van der Waals surface area contributed by atoms with Crippen LogP contribution in [-0.4, -0.2) is 36.9 Å². The zero-order valence-electron chi connectivity index (χ0n) is 23.3. The lowest BCUT2D eigenvalue weighted by molar-refractivity contribution is -0.139. The Kier molecular flexibility index (Phi) is 7.54. The monoisotopic (exact) mass is 575 g/mol. The van der Waals surface area contributed by atoms with Gasteiger partial charge in [0.25, 0.3) is 0 Å². The van der Waals surface area contributed by atoms with Crippen molar-refractivity contribution in [1.82, 2.24) is 0 Å². The normalized spacial score (nSPS) is 16.2. The molecule has 2 aliphatic heterocycles. The van der Waals surface area contributed by atoms with E-state index in [1.54, 1.807) is 0 Å². The van der Waals surface area contributed by atoms with Crippen LogP contribution >= 0.6 is 11.8 Å². The summed E-state index contributed by atoms with van der Waals surface area (Å²) in [6, 6.07) is 37.7. The highest BCUT2D eigenvalue weighted by Gasteiger charge is 2.63. The van der Waals surface area contributed by atoms with E-state index in [4.69, 9.17) is 14.5 Å². The zero-order chi connectivity index (χ0) is 29.1. The molecule has 0 atom stereocenters. The second kappa shape index (κ2) is 11.6. The van der Waals surface area contributed by atoms with Crippen LogP contribution in [0.5, 0.6) is 0 Å². The lowest BCUT2D eigenvalue weighted by Crippen LogP contribution is -2.62. The number of hydrogen-bond donors (Lipinski definition) is 0. The van der Waals surface area contributed by atoms with Gasteiger partial charge in [-0.3, -0.25) is 0 Å². The largest absolute Gasteiger partial charge is 0.465 e. The summed E-state index contributed by atoms with van der Waals surface area (Å²) in [5.41, 5.74) is 3.45. The molecule has 0 N–H and O–H groups in total. The maximum absolute atomic E-state index is 13.9. The van der Waals surface area contributed by atoms with Gasteiger partial charge >= 0.3 is 11.9 Å². The van der Waals surface area contributed by atoms with E-state index in [0.29, 0.717) is 23.8 Å². The van der Waals surface area contributed by atoms with Crippen molar-refractivity contribution < 1.29 is 19.1 Å². The molecule has 42 heavy (non-hydrogen) atoms. The first-order valence-electron chi connectivity index (χ1n) is 13.5. The molecule has 4 aromatic rings. The Hall–Kier alpha value is -4.82. The molecule has 0 fully saturated rings. The summed E-state index contributed by atoms with van der Waals surface area (Å²) in [7, 11) is 2.65. The minimum absolute atomic E-state index is 0.156. The molecule has 7 nitrogen and oxygen atoms in total. The molecule has 6 rings (SSSR count). The number of anilines is 2. The summed E-state index contributed by atoms with van der Waals surface area (Å²) in [4.78, 5) is 36.9. The molecular weight excluding hydrogens is 546 g/mol. The van der Waals surface area contributed by atoms with Gasteiger partial charge in [0.2, 0.25) is 0 Å². The number of carbonyl (C=O) groups excluding carboxylic acids is 2. The van der Waals surface area contributed by atoms with Crippen LogP contribution in [0.3, 0.4) is 0 Å². The first-order valence-corrected chi connectivity index (χ1v) is 14.3. The zero-order valence-corrected chi connectivity index (χ0v) is 24.1. The molecule has 2 heterocycles. The van der Waals surface area contributed by atoms with Gasteiger partial charge < -0.3 is 19.3 Å². The van der Waals surface area contributed by atoms with Crippen LogP contribution in [0.4, 0.5) is 17.1 Å². The lowest BCUT2D eigenvalue weighted by Gasteiger charge is -2.44. The van der Waals surface area contributed by atoms with Gasteiger partial charge in [-0.15, -0.1) is 0 Å². The van der Waals surface area contributed by atoms with E-state index in [-0.39, 0.29) is 10.5 Å². The molecule has 0 radical (unpaired) electrons. The number of methoxy groups -OCH3 is 2. The number of nitrogens with zero attached hydrogens (tertiary/aromatic N) is 3. The molecule has 0 aromatic heterocycles. The lowest BCUT2D eigenvalue weighted by atomic mass is 9.95. The predicted octanol–water partition coefficient (Wildman–Crippen LogP) is 6.49. The molecule has 2 aliphatic rings. The van der Waals surface area contributed by atoms with Crippen molar-refractivity contribution in [2.75, 3.05) is 24.0 Å². The van der Waals surface area contributed by atoms with E-state index < -0.39 is 17.6 Å². The third-order valence-electron chi connectivity index (χ3n) is 7.43. The summed E-state index contributed by atoms with van der Waals surface area (Å²) in [6.45, 7) is 0.874. The molecule has 0 saturated heterocycles. The van der Waals surface area contributed by atoms with Crippen molar-refractivity contribution >= 4 is 45.8 Å². The molecule has 1 spiro atoms. The van der Waals surface area contributed by atoms with Crippen molar-refractivity contribution in [1.29, 1.82) is 0 Å². The Morgan fingerprint density at radius 3 is 1.60 bits per heavy atom. The maximum atomic E-state index is 13.9. The average Bonchev–Trinajstić information content (AvgIpc) is 3.51. The fraction of sp³-hybridized carbons (Fsp3) is 0.147. The summed E-state index contributed by atoms with van der Waals surface area (Å²) >= 11 is 1.16. The molecule has 0 aliphatic carbocycles. The van der Waals surface area contributed by atoms with E-state index in [1.165, 1.54) is 14.2 Å². The number of aliphatic imine (C=N–C) groups is 1. The fourth-order valence-electron chi connectivity index (χ4n) is 5.63. The van der Waals surface area contributed by atoms with Gasteiger partial charge in [0.1, 0.15) is 15.5 Å². The average molecular weight is 576 g/mol. The quantitative estimate of drug-likeness (QED) is 0.233. The summed E-state index contributed by atoms with van der Waals surface area (Å²) < 4.78 is 10.6. The Balaban J connectivity index is 1.70. The molecule has 0 amide bonds. The number of thioether (sulfide) groups is 1. The van der Waals surface area contributed by atoms with Gasteiger partial charge in [-0.1, -0.05) is 103 Å². The highest BCUT2D eigenvalue weighted by Crippen LogP contribution is 2.57. The fourth-order valence-corrected chi connectivity index (χ4v) is 6.93. The molecule has 4 aromatic carbocycles. The minimum Gasteiger partial charge on any atom is -0.465 e. The molecule has 8 heteroatoms. The van der Waals surface area contributed by atoms with Crippen LogP contribution in [-0.2, 0) is 32.2 Å². The molecule has 0 unspecified atom stereocenters. The van der Waals surface area contributed by atoms with Gasteiger partial charge in [0.05, 0.1) is 31.3 Å². The molecule has 0 bridgehead atoms. The van der Waals surface area contributed by atoms with Gasteiger partial charge in [-0.25, -0.2) is 14.6 Å². The number of para-hydroxylation sites is 3. The minimum atomic E-state index is -1.31. The van der Waals surface area contributed by atoms with Crippen LogP contribution in [0, 0.1) is 0 Å². The van der Waals surface area contributed by atoms with Crippen molar-refractivity contribution in [3.63, 3.8) is 0 Å². The van der Waals surface area contributed by atoms with Crippen molar-refractivity contribution in [3.8, 4) is 0 Å². The second-order valence-electron chi connectivity index (χ2n) is 9.85. The highest BCUT2D eigenvalue weighted by atomic mass is 32.2. The Morgan fingerprint density at radius 2 is 1.12 bits per heavy atom. The van der Waals surface area contributed by atoms with Gasteiger partial charge in [0.15, 0.2) is 5.66 Å². The first kappa shape index (κ1) is 27.4. The number of ether oxygens (including phenoxy) is 2. The van der Waals surface area contributed by atoms with Crippen LogP contribution < -0.4 is 9.80 Å². The van der Waals surface area contributed by atoms with E-state index in [0.717, 1.165) is 34.3 Å². The number of benzene rings is 4. The van der Waals surface area contributed by atoms with Crippen molar-refractivity contribution in [3.05, 3.63) is 137 Å². The molecule has 210 valence electrons.